The highest BCUT2D eigenvalue weighted by Gasteiger charge is 1.98. The van der Waals surface area contributed by atoms with Crippen LogP contribution < -0.4 is 0 Å². The number of ether oxygens (including phenoxy) is 1. The van der Waals surface area contributed by atoms with Gasteiger partial charge in [0.2, 0.25) is 0 Å². The second kappa shape index (κ2) is 19.7. The number of unbranched alkanes of at least 4 members (excludes halogenated alkanes) is 15. The molecule has 0 fully saturated rings. The molecule has 1 rings (SSSR count). The van der Waals surface area contributed by atoms with Crippen molar-refractivity contribution in [2.45, 2.75) is 110 Å². The summed E-state index contributed by atoms with van der Waals surface area (Å²) in [5.74, 6) is -0.241. The first-order chi connectivity index (χ1) is 14.3. The number of esters is 1. The van der Waals surface area contributed by atoms with Gasteiger partial charge in [-0.3, -0.25) is 0 Å². The van der Waals surface area contributed by atoms with Crippen LogP contribution in [0.2, 0.25) is 0 Å². The first-order valence-electron chi connectivity index (χ1n) is 12.2. The lowest BCUT2D eigenvalue weighted by Gasteiger charge is -2.04. The Bertz CT molecular complexity index is 507. The van der Waals surface area contributed by atoms with Crippen LogP contribution in [0.3, 0.4) is 0 Å². The normalized spacial score (nSPS) is 11.2. The predicted molar refractivity (Wildman–Crippen MR) is 126 cm³/mol. The first-order valence-corrected chi connectivity index (χ1v) is 12.2. The van der Waals surface area contributed by atoms with Crippen molar-refractivity contribution in [3.05, 3.63) is 42.0 Å². The van der Waals surface area contributed by atoms with Gasteiger partial charge in [0.25, 0.3) is 0 Å². The highest BCUT2D eigenvalue weighted by Crippen LogP contribution is 2.13. The molecule has 0 atom stereocenters. The third-order valence-electron chi connectivity index (χ3n) is 5.45. The van der Waals surface area contributed by atoms with Crippen molar-refractivity contribution in [2.75, 3.05) is 6.61 Å². The van der Waals surface area contributed by atoms with E-state index in [1.54, 1.807) is 6.08 Å². The molecule has 2 nitrogen and oxygen atoms in total. The molecule has 0 saturated carbocycles. The smallest absolute Gasteiger partial charge is 0.330 e. The Morgan fingerprint density at radius 1 is 0.690 bits per heavy atom. The van der Waals surface area contributed by atoms with Crippen LogP contribution in [0, 0.1) is 0 Å². The molecule has 1 aromatic rings. The van der Waals surface area contributed by atoms with Gasteiger partial charge < -0.3 is 4.74 Å². The van der Waals surface area contributed by atoms with E-state index < -0.39 is 0 Å². The minimum Gasteiger partial charge on any atom is -0.463 e. The summed E-state index contributed by atoms with van der Waals surface area (Å²) in [6.07, 6.45) is 25.0. The van der Waals surface area contributed by atoms with Crippen LogP contribution in [-0.4, -0.2) is 12.6 Å². The summed E-state index contributed by atoms with van der Waals surface area (Å²) in [6.45, 7) is 2.82. The van der Waals surface area contributed by atoms with Gasteiger partial charge in [0.05, 0.1) is 6.61 Å². The fourth-order valence-electron chi connectivity index (χ4n) is 3.60. The van der Waals surface area contributed by atoms with E-state index in [2.05, 4.69) is 6.92 Å². The van der Waals surface area contributed by atoms with Gasteiger partial charge in [0, 0.05) is 6.08 Å². The molecule has 0 amide bonds. The van der Waals surface area contributed by atoms with E-state index in [-0.39, 0.29) is 5.97 Å². The van der Waals surface area contributed by atoms with Crippen LogP contribution in [-0.2, 0) is 9.53 Å². The highest BCUT2D eigenvalue weighted by atomic mass is 16.5. The molecule has 0 N–H and O–H groups in total. The van der Waals surface area contributed by atoms with Crippen LogP contribution in [0.15, 0.2) is 36.4 Å². The standard InChI is InChI=1S/C27H44O2/c1-2-3-4-5-6-7-8-9-10-11-12-13-14-15-16-20-25-29-27(28)24-23-26-21-18-17-19-22-26/h17-19,21-24H,2-16,20,25H2,1H3. The minimum atomic E-state index is -0.241. The van der Waals surface area contributed by atoms with Gasteiger partial charge in [0.15, 0.2) is 0 Å². The van der Waals surface area contributed by atoms with E-state index in [0.29, 0.717) is 6.61 Å². The quantitative estimate of drug-likeness (QED) is 0.132. The van der Waals surface area contributed by atoms with Crippen LogP contribution >= 0.6 is 0 Å². The van der Waals surface area contributed by atoms with Crippen molar-refractivity contribution in [3.8, 4) is 0 Å². The van der Waals surface area contributed by atoms with Gasteiger partial charge >= 0.3 is 5.97 Å². The molecule has 1 aromatic carbocycles. The monoisotopic (exact) mass is 400 g/mol. The van der Waals surface area contributed by atoms with Gasteiger partial charge in [-0.05, 0) is 18.1 Å². The summed E-state index contributed by atoms with van der Waals surface area (Å²) in [6, 6.07) is 9.83. The van der Waals surface area contributed by atoms with Gasteiger partial charge in [-0.1, -0.05) is 134 Å². The number of carbonyl (C=O) groups is 1. The molecule has 2 heteroatoms. The molecule has 164 valence electrons. The zero-order valence-corrected chi connectivity index (χ0v) is 18.9. The summed E-state index contributed by atoms with van der Waals surface area (Å²) >= 11 is 0. The summed E-state index contributed by atoms with van der Waals surface area (Å²) in [5, 5.41) is 0. The highest BCUT2D eigenvalue weighted by molar-refractivity contribution is 5.86. The number of rotatable bonds is 19. The molecule has 0 spiro atoms. The molecule has 0 radical (unpaired) electrons. The molecule has 0 aromatic heterocycles. The maximum atomic E-state index is 11.7. The fraction of sp³-hybridized carbons (Fsp3) is 0.667. The minimum absolute atomic E-state index is 0.241. The van der Waals surface area contributed by atoms with Crippen LogP contribution in [0.1, 0.15) is 115 Å². The summed E-state index contributed by atoms with van der Waals surface area (Å²) in [4.78, 5) is 11.7. The average molecular weight is 401 g/mol. The second-order valence-corrected chi connectivity index (χ2v) is 8.21. The second-order valence-electron chi connectivity index (χ2n) is 8.21. The Kier molecular flexibility index (Phi) is 17.3. The molecule has 0 aliphatic rings. The fourth-order valence-corrected chi connectivity index (χ4v) is 3.60. The molecule has 0 heterocycles. The lowest BCUT2D eigenvalue weighted by Crippen LogP contribution is -2.02. The SMILES string of the molecule is CCCCCCCCCCCCCCCCCCOC(=O)C=Cc1ccccc1. The van der Waals surface area contributed by atoms with E-state index in [4.69, 9.17) is 4.74 Å². The van der Waals surface area contributed by atoms with Crippen molar-refractivity contribution < 1.29 is 9.53 Å². The van der Waals surface area contributed by atoms with Crippen molar-refractivity contribution in [1.29, 1.82) is 0 Å². The summed E-state index contributed by atoms with van der Waals surface area (Å²) in [5.41, 5.74) is 1.02. The first kappa shape index (κ1) is 25.5. The Morgan fingerprint density at radius 3 is 1.62 bits per heavy atom. The maximum absolute atomic E-state index is 11.7. The topological polar surface area (TPSA) is 26.3 Å². The lowest BCUT2D eigenvalue weighted by molar-refractivity contribution is -0.137. The van der Waals surface area contributed by atoms with Crippen molar-refractivity contribution >= 4 is 12.0 Å². The molecule has 0 bridgehead atoms. The number of benzene rings is 1. The zero-order valence-electron chi connectivity index (χ0n) is 18.9. The number of hydrogen-bond acceptors (Lipinski definition) is 2. The predicted octanol–water partition coefficient (Wildman–Crippen LogP) is 8.50. The maximum Gasteiger partial charge on any atom is 0.330 e. The van der Waals surface area contributed by atoms with Crippen LogP contribution in [0.25, 0.3) is 6.08 Å². The van der Waals surface area contributed by atoms with E-state index >= 15 is 0 Å². The summed E-state index contributed by atoms with van der Waals surface area (Å²) < 4.78 is 5.26. The van der Waals surface area contributed by atoms with Crippen molar-refractivity contribution in [1.82, 2.24) is 0 Å². The molecule has 0 unspecified atom stereocenters. The Labute approximate surface area is 180 Å². The average Bonchev–Trinajstić information content (AvgIpc) is 2.75. The Morgan fingerprint density at radius 2 is 1.14 bits per heavy atom. The van der Waals surface area contributed by atoms with Gasteiger partial charge in [-0.2, -0.15) is 0 Å². The third kappa shape index (κ3) is 17.0. The Hall–Kier alpha value is -1.57. The van der Waals surface area contributed by atoms with E-state index in [0.717, 1.165) is 18.4 Å². The molecule has 0 aliphatic carbocycles. The van der Waals surface area contributed by atoms with Gasteiger partial charge in [-0.15, -0.1) is 0 Å². The zero-order chi connectivity index (χ0) is 20.8. The molecular weight excluding hydrogens is 356 g/mol. The van der Waals surface area contributed by atoms with Gasteiger partial charge in [0.1, 0.15) is 0 Å². The molecule has 0 saturated heterocycles. The molecular formula is C27H44O2. The van der Waals surface area contributed by atoms with E-state index in [1.807, 2.05) is 30.3 Å². The Balaban J connectivity index is 1.78. The summed E-state index contributed by atoms with van der Waals surface area (Å²) in [7, 11) is 0. The molecule has 29 heavy (non-hydrogen) atoms. The van der Waals surface area contributed by atoms with Crippen molar-refractivity contribution in [3.63, 3.8) is 0 Å². The molecule has 0 aliphatic heterocycles. The van der Waals surface area contributed by atoms with Crippen LogP contribution in [0.5, 0.6) is 0 Å². The number of carbonyl (C=O) groups excluding carboxylic acids is 1. The van der Waals surface area contributed by atoms with Gasteiger partial charge in [-0.25, -0.2) is 4.79 Å². The number of hydrogen-bond donors (Lipinski definition) is 0. The third-order valence-corrected chi connectivity index (χ3v) is 5.45. The van der Waals surface area contributed by atoms with Crippen molar-refractivity contribution in [2.24, 2.45) is 0 Å². The largest absolute Gasteiger partial charge is 0.463 e. The van der Waals surface area contributed by atoms with Crippen LogP contribution in [0.4, 0.5) is 0 Å². The lowest BCUT2D eigenvalue weighted by atomic mass is 10.0. The van der Waals surface area contributed by atoms with E-state index in [1.165, 1.54) is 96.0 Å². The van der Waals surface area contributed by atoms with E-state index in [9.17, 15) is 4.79 Å².